The highest BCUT2D eigenvalue weighted by molar-refractivity contribution is 8.00. The van der Waals surface area contributed by atoms with Crippen LogP contribution in [0.25, 0.3) is 0 Å². The molecule has 0 aromatic heterocycles. The summed E-state index contributed by atoms with van der Waals surface area (Å²) in [5.74, 6) is 0.836. The van der Waals surface area contributed by atoms with Gasteiger partial charge in [-0.25, -0.2) is 0 Å². The van der Waals surface area contributed by atoms with E-state index in [-0.39, 0.29) is 23.7 Å². The van der Waals surface area contributed by atoms with Crippen LogP contribution in [0.1, 0.15) is 50.5 Å². The van der Waals surface area contributed by atoms with E-state index < -0.39 is 0 Å². The molecule has 1 fully saturated rings. The zero-order valence-electron chi connectivity index (χ0n) is 15.2. The maximum Gasteiger partial charge on any atom is 0.233 e. The molecule has 1 saturated heterocycles. The number of thioether (sulfide) groups is 1. The lowest BCUT2D eigenvalue weighted by Crippen LogP contribution is -2.38. The van der Waals surface area contributed by atoms with Gasteiger partial charge in [0.25, 0.3) is 0 Å². The number of carbonyl (C=O) groups is 1. The summed E-state index contributed by atoms with van der Waals surface area (Å²) in [5.41, 5.74) is 1.17. The third-order valence-corrected chi connectivity index (χ3v) is 5.94. The Morgan fingerprint density at radius 1 is 1.12 bits per heavy atom. The van der Waals surface area contributed by atoms with Gasteiger partial charge in [0.1, 0.15) is 5.37 Å². The van der Waals surface area contributed by atoms with Gasteiger partial charge in [-0.3, -0.25) is 4.79 Å². The Kier molecular flexibility index (Phi) is 10.9. The maximum atomic E-state index is 12.3. The molecule has 1 aliphatic heterocycles. The molecule has 25 heavy (non-hydrogen) atoms. The Hall–Kier alpha value is -0.420. The number of benzene rings is 1. The van der Waals surface area contributed by atoms with Crippen LogP contribution in [0.4, 0.5) is 0 Å². The number of carbonyl (C=O) groups excluding carboxylic acids is 1. The fourth-order valence-electron chi connectivity index (χ4n) is 2.95. The third-order valence-electron chi connectivity index (χ3n) is 4.44. The fourth-order valence-corrected chi connectivity index (χ4v) is 4.29. The Balaban J connectivity index is 0.00000312. The third kappa shape index (κ3) is 7.01. The molecule has 0 radical (unpaired) electrons. The van der Waals surface area contributed by atoms with Gasteiger partial charge in [0.05, 0.1) is 5.75 Å². The SMILES string of the molecule is CCCCN(CCCC)CCN1C(=O)CSC1c1ccc(Cl)cc1.Cl. The molecule has 1 atom stereocenters. The van der Waals surface area contributed by atoms with Gasteiger partial charge >= 0.3 is 0 Å². The van der Waals surface area contributed by atoms with Crippen LogP contribution in [-0.4, -0.2) is 47.6 Å². The van der Waals surface area contributed by atoms with Gasteiger partial charge in [-0.05, 0) is 43.6 Å². The summed E-state index contributed by atoms with van der Waals surface area (Å²) in [4.78, 5) is 16.9. The molecule has 1 aromatic rings. The van der Waals surface area contributed by atoms with E-state index in [0.29, 0.717) is 5.75 Å². The van der Waals surface area contributed by atoms with Crippen LogP contribution in [0.5, 0.6) is 0 Å². The maximum absolute atomic E-state index is 12.3. The molecular formula is C19H30Cl2N2OS. The van der Waals surface area contributed by atoms with Gasteiger partial charge < -0.3 is 9.80 Å². The molecule has 1 amide bonds. The Morgan fingerprint density at radius 3 is 2.28 bits per heavy atom. The van der Waals surface area contributed by atoms with E-state index in [1.54, 1.807) is 11.8 Å². The normalized spacial score (nSPS) is 17.2. The number of halogens is 2. The average Bonchev–Trinajstić information content (AvgIpc) is 2.96. The molecule has 0 saturated carbocycles. The van der Waals surface area contributed by atoms with E-state index in [2.05, 4.69) is 18.7 Å². The minimum Gasteiger partial charge on any atom is -0.325 e. The molecule has 2 rings (SSSR count). The lowest BCUT2D eigenvalue weighted by atomic mass is 10.2. The predicted octanol–water partition coefficient (Wildman–Crippen LogP) is 5.24. The van der Waals surface area contributed by atoms with Crippen molar-refractivity contribution in [2.75, 3.05) is 31.9 Å². The summed E-state index contributed by atoms with van der Waals surface area (Å²) < 4.78 is 0. The summed E-state index contributed by atoms with van der Waals surface area (Å²) in [6, 6.07) is 7.90. The smallest absolute Gasteiger partial charge is 0.233 e. The van der Waals surface area contributed by atoms with Crippen molar-refractivity contribution >= 4 is 41.7 Å². The first-order valence-corrected chi connectivity index (χ1v) is 10.5. The highest BCUT2D eigenvalue weighted by Gasteiger charge is 2.32. The van der Waals surface area contributed by atoms with E-state index >= 15 is 0 Å². The van der Waals surface area contributed by atoms with Crippen molar-refractivity contribution in [1.82, 2.24) is 9.80 Å². The molecule has 1 unspecified atom stereocenters. The van der Waals surface area contributed by atoms with Crippen molar-refractivity contribution in [2.45, 2.75) is 44.9 Å². The van der Waals surface area contributed by atoms with Gasteiger partial charge in [0, 0.05) is 18.1 Å². The summed E-state index contributed by atoms with van der Waals surface area (Å²) >= 11 is 7.71. The molecule has 1 heterocycles. The first-order valence-electron chi connectivity index (χ1n) is 9.04. The highest BCUT2D eigenvalue weighted by Crippen LogP contribution is 2.38. The molecule has 3 nitrogen and oxygen atoms in total. The van der Waals surface area contributed by atoms with Crippen LogP contribution in [0.3, 0.4) is 0 Å². The van der Waals surface area contributed by atoms with Gasteiger partial charge in [-0.15, -0.1) is 24.2 Å². The first kappa shape index (κ1) is 22.6. The van der Waals surface area contributed by atoms with Crippen molar-refractivity contribution in [3.8, 4) is 0 Å². The second kappa shape index (κ2) is 12.1. The Bertz CT molecular complexity index is 505. The van der Waals surface area contributed by atoms with Crippen molar-refractivity contribution in [3.63, 3.8) is 0 Å². The predicted molar refractivity (Wildman–Crippen MR) is 112 cm³/mol. The molecule has 6 heteroatoms. The second-order valence-corrected chi connectivity index (χ2v) is 7.86. The standard InChI is InChI=1S/C19H29ClN2OS.ClH/c1-3-5-11-21(12-6-4-2)13-14-22-18(23)15-24-19(22)16-7-9-17(20)10-8-16;/h7-10,19H,3-6,11-15H2,1-2H3;1H. The van der Waals surface area contributed by atoms with E-state index in [0.717, 1.165) is 31.2 Å². The summed E-state index contributed by atoms with van der Waals surface area (Å²) in [6.45, 7) is 8.52. The molecule has 0 spiro atoms. The molecular weight excluding hydrogens is 375 g/mol. The molecule has 0 N–H and O–H groups in total. The molecule has 142 valence electrons. The molecule has 0 bridgehead atoms. The van der Waals surface area contributed by atoms with Gasteiger partial charge in [0.2, 0.25) is 5.91 Å². The Labute approximate surface area is 167 Å². The van der Waals surface area contributed by atoms with Crippen LogP contribution >= 0.6 is 35.8 Å². The van der Waals surface area contributed by atoms with Crippen molar-refractivity contribution in [2.24, 2.45) is 0 Å². The van der Waals surface area contributed by atoms with Crippen molar-refractivity contribution in [3.05, 3.63) is 34.9 Å². The molecule has 1 aromatic carbocycles. The monoisotopic (exact) mass is 404 g/mol. The Morgan fingerprint density at radius 2 is 1.72 bits per heavy atom. The largest absolute Gasteiger partial charge is 0.325 e. The number of nitrogens with zero attached hydrogens (tertiary/aromatic N) is 2. The number of amides is 1. The zero-order valence-corrected chi connectivity index (χ0v) is 17.6. The molecule has 1 aliphatic rings. The highest BCUT2D eigenvalue weighted by atomic mass is 35.5. The number of rotatable bonds is 10. The number of hydrogen-bond donors (Lipinski definition) is 0. The van der Waals surface area contributed by atoms with Gasteiger partial charge in [0.15, 0.2) is 0 Å². The fraction of sp³-hybridized carbons (Fsp3) is 0.632. The zero-order chi connectivity index (χ0) is 17.4. The minimum absolute atomic E-state index is 0. The summed E-state index contributed by atoms with van der Waals surface area (Å²) in [5, 5.41) is 0.874. The van der Waals surface area contributed by atoms with Crippen LogP contribution in [0, 0.1) is 0 Å². The van der Waals surface area contributed by atoms with Crippen molar-refractivity contribution in [1.29, 1.82) is 0 Å². The number of hydrogen-bond acceptors (Lipinski definition) is 3. The second-order valence-electron chi connectivity index (χ2n) is 6.35. The number of unbranched alkanes of at least 4 members (excludes halogenated alkanes) is 2. The van der Waals surface area contributed by atoms with Crippen LogP contribution in [-0.2, 0) is 4.79 Å². The lowest BCUT2D eigenvalue weighted by molar-refractivity contribution is -0.128. The van der Waals surface area contributed by atoms with E-state index in [9.17, 15) is 4.79 Å². The van der Waals surface area contributed by atoms with Crippen molar-refractivity contribution < 1.29 is 4.79 Å². The summed E-state index contributed by atoms with van der Waals surface area (Å²) in [7, 11) is 0. The van der Waals surface area contributed by atoms with E-state index in [4.69, 9.17) is 11.6 Å². The summed E-state index contributed by atoms with van der Waals surface area (Å²) in [6.07, 6.45) is 4.89. The molecule has 0 aliphatic carbocycles. The van der Waals surface area contributed by atoms with Crippen LogP contribution in [0.2, 0.25) is 5.02 Å². The van der Waals surface area contributed by atoms with Gasteiger partial charge in [-0.1, -0.05) is 50.4 Å². The lowest BCUT2D eigenvalue weighted by Gasteiger charge is -2.28. The van der Waals surface area contributed by atoms with Gasteiger partial charge in [-0.2, -0.15) is 0 Å². The van der Waals surface area contributed by atoms with Crippen LogP contribution < -0.4 is 0 Å². The average molecular weight is 405 g/mol. The minimum atomic E-state index is 0. The quantitative estimate of drug-likeness (QED) is 0.532. The van der Waals surface area contributed by atoms with Crippen LogP contribution in [0.15, 0.2) is 24.3 Å². The topological polar surface area (TPSA) is 23.6 Å². The van der Waals surface area contributed by atoms with E-state index in [1.165, 1.54) is 31.2 Å². The van der Waals surface area contributed by atoms with E-state index in [1.807, 2.05) is 29.2 Å². The first-order chi connectivity index (χ1) is 11.7.